The Kier molecular flexibility index (Phi) is 11.4. The Morgan fingerprint density at radius 1 is 0.816 bits per heavy atom. The predicted molar refractivity (Wildman–Crippen MR) is 148 cm³/mol. The van der Waals surface area contributed by atoms with Gasteiger partial charge in [0, 0.05) is 25.2 Å². The summed E-state index contributed by atoms with van der Waals surface area (Å²) in [5.41, 5.74) is 2.60. The molecule has 3 atom stereocenters. The van der Waals surface area contributed by atoms with E-state index in [1.54, 1.807) is 6.92 Å². The van der Waals surface area contributed by atoms with Gasteiger partial charge in [-0.2, -0.15) is 0 Å². The molecule has 0 spiro atoms. The second-order valence-corrected chi connectivity index (χ2v) is 9.43. The zero-order valence-electron chi connectivity index (χ0n) is 21.9. The van der Waals surface area contributed by atoms with E-state index in [1.807, 2.05) is 89.8 Å². The van der Waals surface area contributed by atoms with E-state index in [-0.39, 0.29) is 19.3 Å². The van der Waals surface area contributed by atoms with Gasteiger partial charge in [-0.15, -0.1) is 0 Å². The molecule has 0 aromatic heterocycles. The number of hydrogen-bond acceptors (Lipinski definition) is 6. The van der Waals surface area contributed by atoms with Crippen molar-refractivity contribution in [1.82, 2.24) is 4.90 Å². The fraction of sp³-hybridized carbons (Fsp3) is 0.323. The van der Waals surface area contributed by atoms with Gasteiger partial charge < -0.3 is 24.8 Å². The van der Waals surface area contributed by atoms with Gasteiger partial charge in [0.15, 0.2) is 0 Å². The third-order valence-electron chi connectivity index (χ3n) is 6.17. The van der Waals surface area contributed by atoms with E-state index in [1.165, 1.54) is 6.08 Å². The van der Waals surface area contributed by atoms with Gasteiger partial charge in [-0.25, -0.2) is 4.79 Å². The lowest BCUT2D eigenvalue weighted by atomic mass is 10.0. The number of carboxylic acid groups (broad SMARTS) is 1. The maximum atomic E-state index is 11.0. The maximum absolute atomic E-state index is 11.0. The van der Waals surface area contributed by atoms with Crippen LogP contribution in [0.4, 0.5) is 0 Å². The number of nitrogens with zero attached hydrogens (tertiary/aromatic N) is 1. The summed E-state index contributed by atoms with van der Waals surface area (Å²) in [4.78, 5) is 13.0. The molecule has 7 heteroatoms. The monoisotopic (exact) mass is 519 g/mol. The van der Waals surface area contributed by atoms with Crippen LogP contribution in [0.3, 0.4) is 0 Å². The lowest BCUT2D eigenvalue weighted by Crippen LogP contribution is -2.46. The Morgan fingerprint density at radius 2 is 1.29 bits per heavy atom. The van der Waals surface area contributed by atoms with Gasteiger partial charge in [-0.3, -0.25) is 4.90 Å². The minimum absolute atomic E-state index is 0.00532. The summed E-state index contributed by atoms with van der Waals surface area (Å²) in [5, 5.41) is 30.5. The number of carbonyl (C=O) groups is 1. The summed E-state index contributed by atoms with van der Waals surface area (Å²) >= 11 is 0. The van der Waals surface area contributed by atoms with Gasteiger partial charge >= 0.3 is 5.97 Å². The van der Waals surface area contributed by atoms with Gasteiger partial charge in [0.1, 0.15) is 36.9 Å². The number of para-hydroxylation sites is 2. The van der Waals surface area contributed by atoms with Crippen molar-refractivity contribution in [2.75, 3.05) is 26.3 Å². The summed E-state index contributed by atoms with van der Waals surface area (Å²) in [6, 6.07) is 26.5. The van der Waals surface area contributed by atoms with E-state index in [9.17, 15) is 15.0 Å². The molecule has 0 saturated heterocycles. The third kappa shape index (κ3) is 10.0. The zero-order chi connectivity index (χ0) is 27.3. The number of aliphatic hydroxyl groups is 2. The number of rotatable bonds is 15. The molecule has 7 nitrogen and oxygen atoms in total. The summed E-state index contributed by atoms with van der Waals surface area (Å²) in [6.45, 7) is 4.72. The predicted octanol–water partition coefficient (Wildman–Crippen LogP) is 4.29. The average molecular weight is 520 g/mol. The largest absolute Gasteiger partial charge is 0.491 e. The molecule has 38 heavy (non-hydrogen) atoms. The van der Waals surface area contributed by atoms with Gasteiger partial charge in [0.25, 0.3) is 0 Å². The number of ether oxygens (including phenoxy) is 2. The molecule has 0 heterocycles. The Labute approximate surface area is 224 Å². The number of carboxylic acids is 1. The Balaban J connectivity index is 1.63. The SMILES string of the molecule is C/C(=C\C(=O)O)c1ccc(C[C@@H](C)N(CC(O)COc2ccccc2)CC(O)COc2ccccc2)cc1. The van der Waals surface area contributed by atoms with E-state index in [0.717, 1.165) is 11.1 Å². The van der Waals surface area contributed by atoms with Gasteiger partial charge in [-0.1, -0.05) is 60.7 Å². The molecule has 3 aromatic rings. The minimum Gasteiger partial charge on any atom is -0.491 e. The fourth-order valence-electron chi connectivity index (χ4n) is 4.14. The summed E-state index contributed by atoms with van der Waals surface area (Å²) in [6.07, 6.45) is 0.356. The molecule has 3 aromatic carbocycles. The molecule has 2 unspecified atom stereocenters. The highest BCUT2D eigenvalue weighted by Gasteiger charge is 2.22. The Morgan fingerprint density at radius 3 is 1.74 bits per heavy atom. The smallest absolute Gasteiger partial charge is 0.328 e. The lowest BCUT2D eigenvalue weighted by Gasteiger charge is -2.32. The van der Waals surface area contributed by atoms with Crippen LogP contribution in [0, 0.1) is 0 Å². The Hall–Kier alpha value is -3.65. The average Bonchev–Trinajstić information content (AvgIpc) is 2.91. The molecule has 3 rings (SSSR count). The second kappa shape index (κ2) is 14.9. The third-order valence-corrected chi connectivity index (χ3v) is 6.17. The van der Waals surface area contributed by atoms with Crippen molar-refractivity contribution in [3.05, 3.63) is 102 Å². The van der Waals surface area contributed by atoms with Crippen LogP contribution in [0.2, 0.25) is 0 Å². The molecule has 3 N–H and O–H groups in total. The van der Waals surface area contributed by atoms with Crippen LogP contribution in [0.15, 0.2) is 91.0 Å². The molecular weight excluding hydrogens is 482 g/mol. The van der Waals surface area contributed by atoms with Crippen molar-refractivity contribution in [1.29, 1.82) is 0 Å². The highest BCUT2D eigenvalue weighted by Crippen LogP contribution is 2.18. The normalized spacial score (nSPS) is 14.1. The fourth-order valence-corrected chi connectivity index (χ4v) is 4.14. The van der Waals surface area contributed by atoms with Crippen molar-refractivity contribution in [3.63, 3.8) is 0 Å². The van der Waals surface area contributed by atoms with Crippen LogP contribution < -0.4 is 9.47 Å². The number of allylic oxidation sites excluding steroid dienone is 1. The zero-order valence-corrected chi connectivity index (χ0v) is 21.9. The van der Waals surface area contributed by atoms with E-state index in [2.05, 4.69) is 6.92 Å². The molecule has 0 aliphatic carbocycles. The molecule has 0 radical (unpaired) electrons. The van der Waals surface area contributed by atoms with Crippen LogP contribution in [0.5, 0.6) is 11.5 Å². The number of hydrogen-bond donors (Lipinski definition) is 3. The van der Waals surface area contributed by atoms with Crippen molar-refractivity contribution < 1.29 is 29.6 Å². The molecule has 0 fully saturated rings. The molecule has 0 bridgehead atoms. The van der Waals surface area contributed by atoms with Crippen LogP contribution in [0.1, 0.15) is 25.0 Å². The van der Waals surface area contributed by atoms with Crippen LogP contribution in [0.25, 0.3) is 5.57 Å². The summed E-state index contributed by atoms with van der Waals surface area (Å²) < 4.78 is 11.5. The van der Waals surface area contributed by atoms with Crippen LogP contribution >= 0.6 is 0 Å². The topological polar surface area (TPSA) is 99.5 Å². The highest BCUT2D eigenvalue weighted by atomic mass is 16.5. The highest BCUT2D eigenvalue weighted by molar-refractivity contribution is 5.89. The summed E-state index contributed by atoms with van der Waals surface area (Å²) in [7, 11) is 0. The molecule has 0 aliphatic rings. The van der Waals surface area contributed by atoms with Crippen molar-refractivity contribution in [3.8, 4) is 11.5 Å². The standard InChI is InChI=1S/C31H37NO6/c1-23(17-31(35)36)26-15-13-25(14-16-26)18-24(2)32(19-27(33)21-37-29-9-5-3-6-10-29)20-28(34)22-38-30-11-7-4-8-12-30/h3-17,24,27-28,33-34H,18-22H2,1-2H3,(H,35,36)/b23-17+/t24-,27?,28?/m1/s1. The first kappa shape index (κ1) is 28.9. The van der Waals surface area contributed by atoms with E-state index in [0.29, 0.717) is 36.6 Å². The molecule has 0 aliphatic heterocycles. The molecule has 0 amide bonds. The van der Waals surface area contributed by atoms with E-state index < -0.39 is 18.2 Å². The van der Waals surface area contributed by atoms with E-state index >= 15 is 0 Å². The number of aliphatic carboxylic acids is 1. The Bertz CT molecular complexity index is 1080. The van der Waals surface area contributed by atoms with E-state index in [4.69, 9.17) is 14.6 Å². The van der Waals surface area contributed by atoms with Crippen LogP contribution in [-0.4, -0.2) is 70.7 Å². The second-order valence-electron chi connectivity index (χ2n) is 9.43. The first-order chi connectivity index (χ1) is 18.3. The summed E-state index contributed by atoms with van der Waals surface area (Å²) in [5.74, 6) is 0.407. The van der Waals surface area contributed by atoms with Crippen molar-refractivity contribution in [2.45, 2.75) is 38.5 Å². The molecule has 202 valence electrons. The van der Waals surface area contributed by atoms with Crippen molar-refractivity contribution in [2.24, 2.45) is 0 Å². The number of aliphatic hydroxyl groups excluding tert-OH is 2. The van der Waals surface area contributed by atoms with Crippen molar-refractivity contribution >= 4 is 11.5 Å². The quantitative estimate of drug-likeness (QED) is 0.258. The van der Waals surface area contributed by atoms with Gasteiger partial charge in [-0.05, 0) is 61.2 Å². The van der Waals surface area contributed by atoms with Gasteiger partial charge in [0.05, 0.1) is 0 Å². The number of benzene rings is 3. The first-order valence-corrected chi connectivity index (χ1v) is 12.8. The maximum Gasteiger partial charge on any atom is 0.328 e. The van der Waals surface area contributed by atoms with Crippen LogP contribution in [-0.2, 0) is 11.2 Å². The van der Waals surface area contributed by atoms with Gasteiger partial charge in [0.2, 0.25) is 0 Å². The lowest BCUT2D eigenvalue weighted by molar-refractivity contribution is -0.131. The molecular formula is C31H37NO6. The first-order valence-electron chi connectivity index (χ1n) is 12.8. The molecule has 0 saturated carbocycles. The minimum atomic E-state index is -0.972.